The lowest BCUT2D eigenvalue weighted by molar-refractivity contribution is 0.174. The van der Waals surface area contributed by atoms with E-state index in [0.717, 1.165) is 17.1 Å². The normalized spacial score (nSPS) is 12.4. The van der Waals surface area contributed by atoms with Crippen LogP contribution in [-0.2, 0) is 6.54 Å². The van der Waals surface area contributed by atoms with E-state index in [1.54, 1.807) is 0 Å². The van der Waals surface area contributed by atoms with Gasteiger partial charge in [-0.1, -0.05) is 6.07 Å². The van der Waals surface area contributed by atoms with Gasteiger partial charge in [-0.15, -0.1) is 12.4 Å². The molecule has 0 amide bonds. The van der Waals surface area contributed by atoms with Gasteiger partial charge in [0.15, 0.2) is 11.5 Å². The van der Waals surface area contributed by atoms with Crippen molar-refractivity contribution in [3.63, 3.8) is 0 Å². The first kappa shape index (κ1) is 9.16. The van der Waals surface area contributed by atoms with E-state index in [0.29, 0.717) is 13.3 Å². The first-order valence-corrected chi connectivity index (χ1v) is 3.49. The summed E-state index contributed by atoms with van der Waals surface area (Å²) in [5.41, 5.74) is 6.51. The minimum atomic E-state index is 0. The van der Waals surface area contributed by atoms with Crippen molar-refractivity contribution >= 4 is 12.4 Å². The van der Waals surface area contributed by atoms with Crippen molar-refractivity contribution in [2.75, 3.05) is 6.79 Å². The quantitative estimate of drug-likeness (QED) is 0.721. The van der Waals surface area contributed by atoms with Gasteiger partial charge in [0.2, 0.25) is 6.79 Å². The van der Waals surface area contributed by atoms with Gasteiger partial charge in [-0.3, -0.25) is 0 Å². The zero-order valence-electron chi connectivity index (χ0n) is 6.45. The van der Waals surface area contributed by atoms with E-state index in [9.17, 15) is 0 Å². The van der Waals surface area contributed by atoms with E-state index in [4.69, 9.17) is 15.2 Å². The van der Waals surface area contributed by atoms with Crippen LogP contribution in [0.15, 0.2) is 18.2 Å². The lowest BCUT2D eigenvalue weighted by atomic mass is 10.2. The molecule has 4 heteroatoms. The van der Waals surface area contributed by atoms with Crippen molar-refractivity contribution in [2.24, 2.45) is 5.73 Å². The zero-order valence-corrected chi connectivity index (χ0v) is 7.26. The average molecular weight is 188 g/mol. The van der Waals surface area contributed by atoms with Crippen molar-refractivity contribution in [1.82, 2.24) is 0 Å². The van der Waals surface area contributed by atoms with E-state index in [2.05, 4.69) is 0 Å². The smallest absolute Gasteiger partial charge is 0.231 e. The van der Waals surface area contributed by atoms with E-state index in [1.807, 2.05) is 18.2 Å². The highest BCUT2D eigenvalue weighted by Crippen LogP contribution is 2.32. The molecule has 0 aromatic heterocycles. The lowest BCUT2D eigenvalue weighted by Gasteiger charge is -1.97. The summed E-state index contributed by atoms with van der Waals surface area (Å²) in [7, 11) is 0. The molecule has 3 nitrogen and oxygen atoms in total. The van der Waals surface area contributed by atoms with Gasteiger partial charge in [0.05, 0.1) is 0 Å². The molecular formula is C8H10ClNO2. The Hall–Kier alpha value is -0.930. The van der Waals surface area contributed by atoms with Gasteiger partial charge in [-0.05, 0) is 17.7 Å². The number of fused-ring (bicyclic) bond motifs is 1. The lowest BCUT2D eigenvalue weighted by Crippen LogP contribution is -1.95. The standard InChI is InChI=1S/C8H9NO2.ClH/c9-4-6-1-2-7-8(3-6)11-5-10-7;/h1-3H,4-5,9H2;1H. The largest absolute Gasteiger partial charge is 0.454 e. The molecule has 0 radical (unpaired) electrons. The van der Waals surface area contributed by atoms with E-state index in [1.165, 1.54) is 0 Å². The highest BCUT2D eigenvalue weighted by atomic mass is 35.5. The molecule has 0 bridgehead atoms. The number of ether oxygens (including phenoxy) is 2. The Morgan fingerprint density at radius 2 is 2.00 bits per heavy atom. The second-order valence-corrected chi connectivity index (χ2v) is 2.39. The Labute approximate surface area is 76.9 Å². The zero-order chi connectivity index (χ0) is 7.68. The molecule has 1 heterocycles. The monoisotopic (exact) mass is 187 g/mol. The second kappa shape index (κ2) is 3.65. The summed E-state index contributed by atoms with van der Waals surface area (Å²) in [4.78, 5) is 0. The van der Waals surface area contributed by atoms with Gasteiger partial charge < -0.3 is 15.2 Å². The molecule has 2 N–H and O–H groups in total. The molecule has 0 atom stereocenters. The highest BCUT2D eigenvalue weighted by Gasteiger charge is 2.11. The fourth-order valence-electron chi connectivity index (χ4n) is 1.07. The number of hydrogen-bond acceptors (Lipinski definition) is 3. The molecular weight excluding hydrogens is 178 g/mol. The number of nitrogens with two attached hydrogens (primary N) is 1. The third kappa shape index (κ3) is 1.47. The molecule has 1 aliphatic rings. The molecule has 0 aliphatic carbocycles. The molecule has 0 saturated heterocycles. The summed E-state index contributed by atoms with van der Waals surface area (Å²) in [5, 5.41) is 0. The predicted molar refractivity (Wildman–Crippen MR) is 47.7 cm³/mol. The molecule has 1 aromatic carbocycles. The highest BCUT2D eigenvalue weighted by molar-refractivity contribution is 5.85. The summed E-state index contributed by atoms with van der Waals surface area (Å²) < 4.78 is 10.3. The average Bonchev–Trinajstić information content (AvgIpc) is 2.50. The van der Waals surface area contributed by atoms with Crippen LogP contribution < -0.4 is 15.2 Å². The summed E-state index contributed by atoms with van der Waals surface area (Å²) in [6.07, 6.45) is 0. The molecule has 2 rings (SSSR count). The van der Waals surface area contributed by atoms with Gasteiger partial charge in [0.25, 0.3) is 0 Å². The minimum Gasteiger partial charge on any atom is -0.454 e. The Kier molecular flexibility index (Phi) is 2.78. The fourth-order valence-corrected chi connectivity index (χ4v) is 1.07. The summed E-state index contributed by atoms with van der Waals surface area (Å²) in [6, 6.07) is 5.72. The Morgan fingerprint density at radius 3 is 2.75 bits per heavy atom. The summed E-state index contributed by atoms with van der Waals surface area (Å²) in [5.74, 6) is 1.61. The van der Waals surface area contributed by atoms with Crippen LogP contribution >= 0.6 is 12.4 Å². The van der Waals surface area contributed by atoms with Crippen LogP contribution in [0.3, 0.4) is 0 Å². The van der Waals surface area contributed by atoms with E-state index in [-0.39, 0.29) is 12.4 Å². The fraction of sp³-hybridized carbons (Fsp3) is 0.250. The molecule has 0 unspecified atom stereocenters. The second-order valence-electron chi connectivity index (χ2n) is 2.39. The van der Waals surface area contributed by atoms with Gasteiger partial charge in [-0.25, -0.2) is 0 Å². The van der Waals surface area contributed by atoms with Crippen LogP contribution in [0.25, 0.3) is 0 Å². The summed E-state index contributed by atoms with van der Waals surface area (Å²) >= 11 is 0. The number of benzene rings is 1. The van der Waals surface area contributed by atoms with Crippen LogP contribution in [0.4, 0.5) is 0 Å². The van der Waals surface area contributed by atoms with E-state index >= 15 is 0 Å². The maximum atomic E-state index is 5.45. The third-order valence-corrected chi connectivity index (χ3v) is 1.67. The molecule has 12 heavy (non-hydrogen) atoms. The van der Waals surface area contributed by atoms with Gasteiger partial charge in [0.1, 0.15) is 0 Å². The number of halogens is 1. The first-order chi connectivity index (χ1) is 5.40. The Morgan fingerprint density at radius 1 is 1.25 bits per heavy atom. The van der Waals surface area contributed by atoms with Crippen molar-refractivity contribution in [2.45, 2.75) is 6.54 Å². The topological polar surface area (TPSA) is 44.5 Å². The maximum Gasteiger partial charge on any atom is 0.231 e. The van der Waals surface area contributed by atoms with Crippen LogP contribution in [0, 0.1) is 0 Å². The predicted octanol–water partition coefficient (Wildman–Crippen LogP) is 1.30. The van der Waals surface area contributed by atoms with Crippen molar-refractivity contribution < 1.29 is 9.47 Å². The molecule has 66 valence electrons. The Bertz CT molecular complexity index is 278. The molecule has 0 fully saturated rings. The summed E-state index contributed by atoms with van der Waals surface area (Å²) in [6.45, 7) is 0.861. The van der Waals surface area contributed by atoms with Crippen LogP contribution in [0.2, 0.25) is 0 Å². The van der Waals surface area contributed by atoms with Crippen molar-refractivity contribution in [3.05, 3.63) is 23.8 Å². The van der Waals surface area contributed by atoms with Crippen LogP contribution in [0.5, 0.6) is 11.5 Å². The van der Waals surface area contributed by atoms with Gasteiger partial charge >= 0.3 is 0 Å². The van der Waals surface area contributed by atoms with Gasteiger partial charge in [-0.2, -0.15) is 0 Å². The number of hydrogen-bond donors (Lipinski definition) is 1. The minimum absolute atomic E-state index is 0. The first-order valence-electron chi connectivity index (χ1n) is 3.49. The van der Waals surface area contributed by atoms with E-state index < -0.39 is 0 Å². The third-order valence-electron chi connectivity index (χ3n) is 1.67. The Balaban J connectivity index is 0.000000720. The van der Waals surface area contributed by atoms with Gasteiger partial charge in [0, 0.05) is 6.54 Å². The molecule has 1 aliphatic heterocycles. The SMILES string of the molecule is Cl.NCc1ccc2c(c1)OCO2. The molecule has 1 aromatic rings. The van der Waals surface area contributed by atoms with Crippen molar-refractivity contribution in [1.29, 1.82) is 0 Å². The maximum absolute atomic E-state index is 5.45. The number of rotatable bonds is 1. The van der Waals surface area contributed by atoms with Crippen LogP contribution in [-0.4, -0.2) is 6.79 Å². The molecule has 0 spiro atoms. The van der Waals surface area contributed by atoms with Crippen LogP contribution in [0.1, 0.15) is 5.56 Å². The van der Waals surface area contributed by atoms with Crippen molar-refractivity contribution in [3.8, 4) is 11.5 Å². The molecule has 0 saturated carbocycles.